The Bertz CT molecular complexity index is 1080. The Hall–Kier alpha value is -2.84. The summed E-state index contributed by atoms with van der Waals surface area (Å²) in [4.78, 5) is 34.3. The lowest BCUT2D eigenvalue weighted by Crippen LogP contribution is -2.52. The number of nitrogens with zero attached hydrogens (tertiary/aromatic N) is 3. The van der Waals surface area contributed by atoms with E-state index in [0.717, 1.165) is 55.2 Å². The van der Waals surface area contributed by atoms with Crippen LogP contribution in [0.25, 0.3) is 0 Å². The van der Waals surface area contributed by atoms with Crippen molar-refractivity contribution < 1.29 is 19.8 Å². The van der Waals surface area contributed by atoms with E-state index in [2.05, 4.69) is 4.90 Å². The van der Waals surface area contributed by atoms with Gasteiger partial charge in [-0.05, 0) is 61.4 Å². The molecule has 1 fully saturated rings. The van der Waals surface area contributed by atoms with Crippen LogP contribution in [0.3, 0.4) is 0 Å². The largest absolute Gasteiger partial charge is 0.481 e. The van der Waals surface area contributed by atoms with Gasteiger partial charge in [0.1, 0.15) is 5.54 Å². The van der Waals surface area contributed by atoms with Crippen LogP contribution in [-0.4, -0.2) is 44.4 Å². The first-order valence-corrected chi connectivity index (χ1v) is 11.7. The number of carboxylic acid groups (broad SMARTS) is 2. The highest BCUT2D eigenvalue weighted by Gasteiger charge is 2.49. The lowest BCUT2D eigenvalue weighted by molar-refractivity contribution is -0.133. The molecule has 2 N–H and O–H groups in total. The van der Waals surface area contributed by atoms with Gasteiger partial charge in [-0.2, -0.15) is 0 Å². The van der Waals surface area contributed by atoms with Gasteiger partial charge in [-0.15, -0.1) is 0 Å². The van der Waals surface area contributed by atoms with Crippen LogP contribution in [0, 0.1) is 0 Å². The molecule has 0 unspecified atom stereocenters. The van der Waals surface area contributed by atoms with Crippen molar-refractivity contribution in [3.05, 3.63) is 59.1 Å². The summed E-state index contributed by atoms with van der Waals surface area (Å²) in [6.45, 7) is 0. The zero-order chi connectivity index (χ0) is 22.7. The molecular formula is C23H22ClN3O4S. The molecule has 2 aliphatic rings. The van der Waals surface area contributed by atoms with Crippen LogP contribution < -0.4 is 4.90 Å². The van der Waals surface area contributed by atoms with Crippen LogP contribution in [0.4, 0.5) is 11.4 Å². The average Bonchev–Trinajstić information content (AvgIpc) is 3.06. The number of halogens is 1. The molecule has 1 spiro atoms. The number of aliphatic carboxylic acids is 1. The Morgan fingerprint density at radius 2 is 1.69 bits per heavy atom. The Balaban J connectivity index is 1.81. The Labute approximate surface area is 194 Å². The summed E-state index contributed by atoms with van der Waals surface area (Å²) in [6.07, 6.45) is 4.74. The molecule has 1 saturated carbocycles. The molecular weight excluding hydrogens is 450 g/mol. The normalized spacial score (nSPS) is 18.7. The average molecular weight is 472 g/mol. The molecule has 1 aliphatic heterocycles. The summed E-state index contributed by atoms with van der Waals surface area (Å²) in [5, 5.41) is 19.7. The molecule has 2 aromatic rings. The molecule has 166 valence electrons. The zero-order valence-corrected chi connectivity index (χ0v) is 18.8. The number of aromatic carboxylic acids is 1. The van der Waals surface area contributed by atoms with Gasteiger partial charge in [-0.1, -0.05) is 42.6 Å². The number of hydrogen-bond acceptors (Lipinski definition) is 5. The van der Waals surface area contributed by atoms with E-state index in [1.807, 2.05) is 12.1 Å². The van der Waals surface area contributed by atoms with Crippen LogP contribution in [0.2, 0.25) is 5.02 Å². The summed E-state index contributed by atoms with van der Waals surface area (Å²) in [5.41, 5.74) is 1.18. The van der Waals surface area contributed by atoms with Gasteiger partial charge < -0.3 is 15.1 Å². The number of rotatable bonds is 5. The highest BCUT2D eigenvalue weighted by atomic mass is 35.5. The van der Waals surface area contributed by atoms with Gasteiger partial charge in [0.05, 0.1) is 17.0 Å². The van der Waals surface area contributed by atoms with Crippen molar-refractivity contribution in [1.82, 2.24) is 0 Å². The fourth-order valence-electron chi connectivity index (χ4n) is 4.21. The van der Waals surface area contributed by atoms with Crippen LogP contribution in [0.5, 0.6) is 0 Å². The molecule has 0 saturated heterocycles. The number of benzene rings is 2. The predicted octanol–water partition coefficient (Wildman–Crippen LogP) is 5.47. The van der Waals surface area contributed by atoms with Crippen molar-refractivity contribution in [2.75, 3.05) is 10.7 Å². The topological polar surface area (TPSA) is 103 Å². The van der Waals surface area contributed by atoms with E-state index in [9.17, 15) is 19.8 Å². The number of aliphatic imine (C=N–C) groups is 2. The second-order valence-corrected chi connectivity index (χ2v) is 9.15. The van der Waals surface area contributed by atoms with Crippen LogP contribution in [0.1, 0.15) is 42.5 Å². The number of amidine groups is 2. The Morgan fingerprint density at radius 3 is 2.28 bits per heavy atom. The monoisotopic (exact) mass is 471 g/mol. The summed E-state index contributed by atoms with van der Waals surface area (Å²) >= 11 is 7.17. The molecule has 9 heteroatoms. The van der Waals surface area contributed by atoms with Crippen LogP contribution in [-0.2, 0) is 4.79 Å². The lowest BCUT2D eigenvalue weighted by Gasteiger charge is -2.42. The van der Waals surface area contributed by atoms with Crippen molar-refractivity contribution in [2.45, 2.75) is 37.6 Å². The molecule has 0 bridgehead atoms. The second-order valence-electron chi connectivity index (χ2n) is 7.77. The van der Waals surface area contributed by atoms with E-state index in [4.69, 9.17) is 21.6 Å². The minimum atomic E-state index is -0.996. The SMILES string of the molecule is O=C(O)CSC1=NC(=Nc2ccc(Cl)cc2)C2(CCCCC2)N1c1ccc(C(=O)O)cc1. The molecule has 0 atom stereocenters. The van der Waals surface area contributed by atoms with E-state index in [1.54, 1.807) is 36.4 Å². The Kier molecular flexibility index (Phi) is 6.53. The smallest absolute Gasteiger partial charge is 0.335 e. The first-order valence-electron chi connectivity index (χ1n) is 10.3. The van der Waals surface area contributed by atoms with Crippen molar-refractivity contribution >= 4 is 57.7 Å². The molecule has 32 heavy (non-hydrogen) atoms. The maximum absolute atomic E-state index is 11.3. The molecule has 0 radical (unpaired) electrons. The third-order valence-corrected chi connectivity index (χ3v) is 6.85. The third kappa shape index (κ3) is 4.52. The lowest BCUT2D eigenvalue weighted by atomic mass is 9.79. The molecule has 1 heterocycles. The van der Waals surface area contributed by atoms with E-state index in [0.29, 0.717) is 16.0 Å². The predicted molar refractivity (Wildman–Crippen MR) is 128 cm³/mol. The van der Waals surface area contributed by atoms with Crippen LogP contribution in [0.15, 0.2) is 58.5 Å². The number of thioether (sulfide) groups is 1. The van der Waals surface area contributed by atoms with E-state index in [1.165, 1.54) is 0 Å². The van der Waals surface area contributed by atoms with Gasteiger partial charge >= 0.3 is 11.9 Å². The summed E-state index contributed by atoms with van der Waals surface area (Å²) in [6, 6.07) is 13.8. The number of carbonyl (C=O) groups is 2. The first kappa shape index (κ1) is 22.4. The molecule has 4 rings (SSSR count). The maximum Gasteiger partial charge on any atom is 0.335 e. The summed E-state index contributed by atoms with van der Waals surface area (Å²) in [7, 11) is 0. The van der Waals surface area contributed by atoms with E-state index >= 15 is 0 Å². The minimum Gasteiger partial charge on any atom is -0.481 e. The first-order chi connectivity index (χ1) is 15.4. The maximum atomic E-state index is 11.3. The van der Waals surface area contributed by atoms with Gasteiger partial charge in [0.2, 0.25) is 0 Å². The van der Waals surface area contributed by atoms with Gasteiger partial charge in [0.15, 0.2) is 11.0 Å². The van der Waals surface area contributed by atoms with E-state index in [-0.39, 0.29) is 11.3 Å². The molecule has 0 aromatic heterocycles. The van der Waals surface area contributed by atoms with Gasteiger partial charge in [-0.3, -0.25) is 4.79 Å². The fourth-order valence-corrected chi connectivity index (χ4v) is 5.15. The quantitative estimate of drug-likeness (QED) is 0.599. The number of carboxylic acids is 2. The van der Waals surface area contributed by atoms with Gasteiger partial charge in [0, 0.05) is 10.7 Å². The molecule has 2 aromatic carbocycles. The minimum absolute atomic E-state index is 0.132. The van der Waals surface area contributed by atoms with Crippen LogP contribution >= 0.6 is 23.4 Å². The fraction of sp³-hybridized carbons (Fsp3) is 0.304. The molecule has 7 nitrogen and oxygen atoms in total. The molecule has 1 aliphatic carbocycles. The van der Waals surface area contributed by atoms with Crippen molar-refractivity contribution in [3.8, 4) is 0 Å². The van der Waals surface area contributed by atoms with Crippen molar-refractivity contribution in [2.24, 2.45) is 9.98 Å². The number of hydrogen-bond donors (Lipinski definition) is 2. The highest BCUT2D eigenvalue weighted by Crippen LogP contribution is 2.44. The summed E-state index contributed by atoms with van der Waals surface area (Å²) in [5.74, 6) is -1.41. The van der Waals surface area contributed by atoms with Gasteiger partial charge in [0.25, 0.3) is 0 Å². The summed E-state index contributed by atoms with van der Waals surface area (Å²) < 4.78 is 0. The zero-order valence-electron chi connectivity index (χ0n) is 17.2. The molecule has 0 amide bonds. The number of anilines is 1. The van der Waals surface area contributed by atoms with E-state index < -0.39 is 17.5 Å². The van der Waals surface area contributed by atoms with Crippen molar-refractivity contribution in [1.29, 1.82) is 0 Å². The standard InChI is InChI=1S/C23H22ClN3O4S/c24-16-6-8-17(9-7-16)25-21-23(12-2-1-3-13-23)27(22(26-21)32-14-19(28)29)18-10-4-15(5-11-18)20(30)31/h4-11H,1-3,12-14H2,(H,28,29)(H,30,31). The second kappa shape index (κ2) is 9.34. The van der Waals surface area contributed by atoms with Crippen molar-refractivity contribution in [3.63, 3.8) is 0 Å². The van der Waals surface area contributed by atoms with Gasteiger partial charge in [-0.25, -0.2) is 14.8 Å². The highest BCUT2D eigenvalue weighted by molar-refractivity contribution is 8.14. The Morgan fingerprint density at radius 1 is 1.03 bits per heavy atom. The third-order valence-electron chi connectivity index (χ3n) is 5.68.